The molecule has 1 fully saturated rings. The van der Waals surface area contributed by atoms with Crippen LogP contribution in [0.15, 0.2) is 30.3 Å². The lowest BCUT2D eigenvalue weighted by Crippen LogP contribution is -2.22. The number of H-pyrrole nitrogens is 1. The summed E-state index contributed by atoms with van der Waals surface area (Å²) in [5.74, 6) is 0. The number of aromatic amines is 1. The molecule has 1 saturated heterocycles. The topological polar surface area (TPSA) is 34.2 Å². The Morgan fingerprint density at radius 1 is 1.20 bits per heavy atom. The number of hydrogen-bond donors (Lipinski definition) is 1. The van der Waals surface area contributed by atoms with Crippen molar-refractivity contribution < 1.29 is 9.47 Å². The van der Waals surface area contributed by atoms with Crippen molar-refractivity contribution in [3.05, 3.63) is 36.0 Å². The molecule has 1 aromatic carbocycles. The summed E-state index contributed by atoms with van der Waals surface area (Å²) in [6, 6.07) is 10.4. The van der Waals surface area contributed by atoms with Gasteiger partial charge in [0, 0.05) is 11.2 Å². The number of aromatic nitrogens is 1. The molecule has 1 unspecified atom stereocenters. The smallest absolute Gasteiger partial charge is 0.121 e. The van der Waals surface area contributed by atoms with Gasteiger partial charge in [0.15, 0.2) is 0 Å². The average Bonchev–Trinajstić information content (AvgIpc) is 2.74. The van der Waals surface area contributed by atoms with Crippen LogP contribution in [0.1, 0.15) is 11.8 Å². The molecule has 2 heterocycles. The van der Waals surface area contributed by atoms with Crippen LogP contribution in [0.5, 0.6) is 0 Å². The molecule has 0 aliphatic carbocycles. The molecule has 3 nitrogen and oxygen atoms in total. The second-order valence-electron chi connectivity index (χ2n) is 3.75. The van der Waals surface area contributed by atoms with Crippen molar-refractivity contribution in [2.24, 2.45) is 0 Å². The third-order valence-corrected chi connectivity index (χ3v) is 2.71. The molecule has 3 rings (SSSR count). The maximum Gasteiger partial charge on any atom is 0.121 e. The number of benzene rings is 1. The summed E-state index contributed by atoms with van der Waals surface area (Å²) in [7, 11) is 0. The molecule has 1 aromatic heterocycles. The van der Waals surface area contributed by atoms with Gasteiger partial charge in [0.2, 0.25) is 0 Å². The molecule has 0 saturated carbocycles. The minimum atomic E-state index is 0.0612. The van der Waals surface area contributed by atoms with Crippen LogP contribution in [0.25, 0.3) is 10.9 Å². The van der Waals surface area contributed by atoms with E-state index >= 15 is 0 Å². The van der Waals surface area contributed by atoms with Gasteiger partial charge in [-0.2, -0.15) is 0 Å². The Bertz CT molecular complexity index is 424. The standard InChI is InChI=1S/C12H13NO2/c1-2-4-10-9(3-1)7-11(13-10)12-8-14-5-6-15-12/h1-4,7,12-13H,5-6,8H2. The van der Waals surface area contributed by atoms with Crippen molar-refractivity contribution >= 4 is 10.9 Å². The number of hydrogen-bond acceptors (Lipinski definition) is 2. The molecule has 78 valence electrons. The molecule has 1 N–H and O–H groups in total. The Kier molecular flexibility index (Phi) is 2.19. The normalized spacial score (nSPS) is 22.0. The van der Waals surface area contributed by atoms with Gasteiger partial charge in [0.05, 0.1) is 19.8 Å². The van der Waals surface area contributed by atoms with Crippen molar-refractivity contribution in [1.82, 2.24) is 4.98 Å². The number of rotatable bonds is 1. The summed E-state index contributed by atoms with van der Waals surface area (Å²) in [5.41, 5.74) is 2.26. The number of para-hydroxylation sites is 1. The highest BCUT2D eigenvalue weighted by atomic mass is 16.6. The first-order valence-corrected chi connectivity index (χ1v) is 5.20. The Morgan fingerprint density at radius 2 is 2.13 bits per heavy atom. The van der Waals surface area contributed by atoms with Crippen LogP contribution in [-0.4, -0.2) is 24.8 Å². The van der Waals surface area contributed by atoms with E-state index in [1.54, 1.807) is 0 Å². The van der Waals surface area contributed by atoms with Gasteiger partial charge in [-0.25, -0.2) is 0 Å². The zero-order valence-electron chi connectivity index (χ0n) is 8.40. The predicted molar refractivity (Wildman–Crippen MR) is 57.8 cm³/mol. The largest absolute Gasteiger partial charge is 0.376 e. The quantitative estimate of drug-likeness (QED) is 0.771. The van der Waals surface area contributed by atoms with Crippen molar-refractivity contribution in [1.29, 1.82) is 0 Å². The third-order valence-electron chi connectivity index (χ3n) is 2.71. The van der Waals surface area contributed by atoms with Crippen LogP contribution < -0.4 is 0 Å². The highest BCUT2D eigenvalue weighted by molar-refractivity contribution is 5.80. The Hall–Kier alpha value is -1.32. The summed E-state index contributed by atoms with van der Waals surface area (Å²) in [6.07, 6.45) is 0.0612. The van der Waals surface area contributed by atoms with Crippen molar-refractivity contribution in [2.75, 3.05) is 19.8 Å². The molecule has 1 aliphatic rings. The lowest BCUT2D eigenvalue weighted by atomic mass is 10.2. The van der Waals surface area contributed by atoms with Gasteiger partial charge >= 0.3 is 0 Å². The molecule has 0 spiro atoms. The first-order chi connectivity index (χ1) is 7.43. The lowest BCUT2D eigenvalue weighted by molar-refractivity contribution is -0.0915. The summed E-state index contributed by atoms with van der Waals surface area (Å²) in [6.45, 7) is 2.03. The highest BCUT2D eigenvalue weighted by Gasteiger charge is 2.18. The van der Waals surface area contributed by atoms with E-state index in [1.165, 1.54) is 5.39 Å². The predicted octanol–water partition coefficient (Wildman–Crippen LogP) is 2.26. The SMILES string of the molecule is c1ccc2[nH]c(C3COCCO3)cc2c1. The van der Waals surface area contributed by atoms with Crippen molar-refractivity contribution in [2.45, 2.75) is 6.10 Å². The monoisotopic (exact) mass is 203 g/mol. The third kappa shape index (κ3) is 1.64. The molecule has 0 bridgehead atoms. The highest BCUT2D eigenvalue weighted by Crippen LogP contribution is 2.24. The molecule has 1 atom stereocenters. The summed E-state index contributed by atoms with van der Waals surface area (Å²) in [5, 5.41) is 1.22. The van der Waals surface area contributed by atoms with Gasteiger partial charge in [0.1, 0.15) is 6.10 Å². The number of ether oxygens (including phenoxy) is 2. The second-order valence-corrected chi connectivity index (χ2v) is 3.75. The maximum absolute atomic E-state index is 5.64. The van der Waals surface area contributed by atoms with E-state index in [4.69, 9.17) is 9.47 Å². The van der Waals surface area contributed by atoms with E-state index in [0.29, 0.717) is 19.8 Å². The molecule has 2 aromatic rings. The second kappa shape index (κ2) is 3.68. The van der Waals surface area contributed by atoms with Crippen LogP contribution >= 0.6 is 0 Å². The summed E-state index contributed by atoms with van der Waals surface area (Å²) in [4.78, 5) is 3.36. The Labute approximate surface area is 88.0 Å². The van der Waals surface area contributed by atoms with E-state index < -0.39 is 0 Å². The zero-order valence-corrected chi connectivity index (χ0v) is 8.40. The fourth-order valence-corrected chi connectivity index (χ4v) is 1.94. The lowest BCUT2D eigenvalue weighted by Gasteiger charge is -2.21. The maximum atomic E-state index is 5.64. The van der Waals surface area contributed by atoms with E-state index in [9.17, 15) is 0 Å². The number of fused-ring (bicyclic) bond motifs is 1. The number of nitrogens with one attached hydrogen (secondary N) is 1. The van der Waals surface area contributed by atoms with Crippen LogP contribution in [0, 0.1) is 0 Å². The molecule has 0 amide bonds. The minimum Gasteiger partial charge on any atom is -0.376 e. The Morgan fingerprint density at radius 3 is 2.93 bits per heavy atom. The zero-order chi connectivity index (χ0) is 10.1. The Balaban J connectivity index is 1.96. The molecule has 1 aliphatic heterocycles. The van der Waals surface area contributed by atoms with E-state index in [2.05, 4.69) is 23.2 Å². The van der Waals surface area contributed by atoms with Gasteiger partial charge in [-0.3, -0.25) is 0 Å². The molecular formula is C12H13NO2. The van der Waals surface area contributed by atoms with Gasteiger partial charge in [-0.1, -0.05) is 18.2 Å². The van der Waals surface area contributed by atoms with E-state index in [1.807, 2.05) is 12.1 Å². The minimum absolute atomic E-state index is 0.0612. The molecule has 0 radical (unpaired) electrons. The molecule has 3 heteroatoms. The van der Waals surface area contributed by atoms with Crippen LogP contribution in [-0.2, 0) is 9.47 Å². The fourth-order valence-electron chi connectivity index (χ4n) is 1.94. The van der Waals surface area contributed by atoms with Crippen LogP contribution in [0.3, 0.4) is 0 Å². The van der Waals surface area contributed by atoms with Gasteiger partial charge in [0.25, 0.3) is 0 Å². The van der Waals surface area contributed by atoms with Crippen LogP contribution in [0.2, 0.25) is 0 Å². The first-order valence-electron chi connectivity index (χ1n) is 5.20. The summed E-state index contributed by atoms with van der Waals surface area (Å²) >= 11 is 0. The van der Waals surface area contributed by atoms with Gasteiger partial charge in [-0.05, 0) is 17.5 Å². The van der Waals surface area contributed by atoms with Gasteiger partial charge in [-0.15, -0.1) is 0 Å². The fraction of sp³-hybridized carbons (Fsp3) is 0.333. The van der Waals surface area contributed by atoms with Gasteiger partial charge < -0.3 is 14.5 Å². The summed E-state index contributed by atoms with van der Waals surface area (Å²) < 4.78 is 11.0. The van der Waals surface area contributed by atoms with Crippen LogP contribution in [0.4, 0.5) is 0 Å². The molecular weight excluding hydrogens is 190 g/mol. The molecule has 15 heavy (non-hydrogen) atoms. The van der Waals surface area contributed by atoms with Crippen molar-refractivity contribution in [3.8, 4) is 0 Å². The van der Waals surface area contributed by atoms with E-state index in [0.717, 1.165) is 11.2 Å². The average molecular weight is 203 g/mol. The van der Waals surface area contributed by atoms with E-state index in [-0.39, 0.29) is 6.10 Å². The van der Waals surface area contributed by atoms with Crippen molar-refractivity contribution in [3.63, 3.8) is 0 Å². The first kappa shape index (κ1) is 8.95.